The number of urea groups is 1. The van der Waals surface area contributed by atoms with Gasteiger partial charge in [0.05, 0.1) is 32.4 Å². The van der Waals surface area contributed by atoms with Crippen LogP contribution in [0.15, 0.2) is 29.5 Å². The van der Waals surface area contributed by atoms with Crippen LogP contribution in [0.5, 0.6) is 11.5 Å². The Bertz CT molecular complexity index is 763. The van der Waals surface area contributed by atoms with E-state index in [-0.39, 0.29) is 18.7 Å². The van der Waals surface area contributed by atoms with Crippen LogP contribution in [0.3, 0.4) is 0 Å². The highest BCUT2D eigenvalue weighted by atomic mass is 16.5. The molecular formula is C21H31N3O5. The quantitative estimate of drug-likeness (QED) is 0.580. The lowest BCUT2D eigenvalue weighted by Crippen LogP contribution is -2.52. The summed E-state index contributed by atoms with van der Waals surface area (Å²) < 4.78 is 15.8. The van der Waals surface area contributed by atoms with Gasteiger partial charge in [0, 0.05) is 18.8 Å². The Labute approximate surface area is 172 Å². The Balaban J connectivity index is 2.10. The van der Waals surface area contributed by atoms with Gasteiger partial charge in [-0.25, -0.2) is 9.59 Å². The van der Waals surface area contributed by atoms with Crippen LogP contribution in [0.4, 0.5) is 4.79 Å². The number of carbonyl (C=O) groups is 2. The van der Waals surface area contributed by atoms with Gasteiger partial charge in [-0.15, -0.1) is 0 Å². The minimum atomic E-state index is -0.393. The van der Waals surface area contributed by atoms with Crippen molar-refractivity contribution in [1.29, 1.82) is 0 Å². The van der Waals surface area contributed by atoms with Gasteiger partial charge in [0.25, 0.3) is 0 Å². The zero-order valence-corrected chi connectivity index (χ0v) is 17.8. The van der Waals surface area contributed by atoms with Gasteiger partial charge in [0.2, 0.25) is 0 Å². The molecule has 8 nitrogen and oxygen atoms in total. The fourth-order valence-corrected chi connectivity index (χ4v) is 3.29. The van der Waals surface area contributed by atoms with E-state index in [0.717, 1.165) is 18.5 Å². The number of nitrogens with zero attached hydrogens (tertiary/aromatic N) is 1. The number of nitrogens with one attached hydrogen (secondary N) is 2. The molecular weight excluding hydrogens is 374 g/mol. The zero-order valence-electron chi connectivity index (χ0n) is 17.8. The van der Waals surface area contributed by atoms with Crippen molar-refractivity contribution in [2.24, 2.45) is 0 Å². The Kier molecular flexibility index (Phi) is 8.33. The SMILES string of the molecule is CCOC(=O)C1=C(CN(C)CCc2ccc(OC)c(OC)c2)NC(=O)N[C@@H]1CC. The maximum absolute atomic E-state index is 12.5. The van der Waals surface area contributed by atoms with Gasteiger partial charge < -0.3 is 29.7 Å². The van der Waals surface area contributed by atoms with E-state index in [0.29, 0.717) is 35.7 Å². The second-order valence-corrected chi connectivity index (χ2v) is 6.85. The molecule has 2 N–H and O–H groups in total. The van der Waals surface area contributed by atoms with Crippen LogP contribution >= 0.6 is 0 Å². The maximum atomic E-state index is 12.5. The molecule has 160 valence electrons. The molecule has 0 radical (unpaired) electrons. The number of esters is 1. The Morgan fingerprint density at radius 2 is 1.90 bits per heavy atom. The van der Waals surface area contributed by atoms with E-state index in [1.165, 1.54) is 0 Å². The van der Waals surface area contributed by atoms with Gasteiger partial charge in [-0.2, -0.15) is 0 Å². The maximum Gasteiger partial charge on any atom is 0.337 e. The number of hydrogen-bond donors (Lipinski definition) is 2. The molecule has 8 heteroatoms. The van der Waals surface area contributed by atoms with Crippen LogP contribution < -0.4 is 20.1 Å². The van der Waals surface area contributed by atoms with Crippen molar-refractivity contribution in [3.63, 3.8) is 0 Å². The Hall–Kier alpha value is -2.74. The average Bonchev–Trinajstić information content (AvgIpc) is 2.71. The summed E-state index contributed by atoms with van der Waals surface area (Å²) in [6, 6.07) is 5.19. The number of carbonyl (C=O) groups excluding carboxylic acids is 2. The summed E-state index contributed by atoms with van der Waals surface area (Å²) in [6.45, 7) is 5.15. The van der Waals surface area contributed by atoms with Gasteiger partial charge >= 0.3 is 12.0 Å². The molecule has 1 heterocycles. The molecule has 29 heavy (non-hydrogen) atoms. The highest BCUT2D eigenvalue weighted by molar-refractivity contribution is 5.94. The third-order valence-corrected chi connectivity index (χ3v) is 4.81. The molecule has 1 aliphatic rings. The summed E-state index contributed by atoms with van der Waals surface area (Å²) in [5.41, 5.74) is 2.19. The lowest BCUT2D eigenvalue weighted by molar-refractivity contribution is -0.139. The van der Waals surface area contributed by atoms with Gasteiger partial charge in [-0.05, 0) is 44.5 Å². The molecule has 0 bridgehead atoms. The van der Waals surface area contributed by atoms with Crippen LogP contribution in [-0.2, 0) is 16.0 Å². The molecule has 1 aliphatic heterocycles. The minimum Gasteiger partial charge on any atom is -0.493 e. The van der Waals surface area contributed by atoms with Crippen molar-refractivity contribution >= 4 is 12.0 Å². The Morgan fingerprint density at radius 3 is 2.52 bits per heavy atom. The molecule has 0 fully saturated rings. The molecule has 0 aromatic heterocycles. The fraction of sp³-hybridized carbons (Fsp3) is 0.524. The predicted octanol–water partition coefficient (Wildman–Crippen LogP) is 2.09. The van der Waals surface area contributed by atoms with Crippen molar-refractivity contribution in [3.8, 4) is 11.5 Å². The lowest BCUT2D eigenvalue weighted by atomic mass is 10.00. The molecule has 1 aromatic carbocycles. The number of likely N-dealkylation sites (N-methyl/N-ethyl adjacent to an activating group) is 1. The number of hydrogen-bond acceptors (Lipinski definition) is 6. The van der Waals surface area contributed by atoms with Crippen LogP contribution in [-0.4, -0.2) is 63.9 Å². The van der Waals surface area contributed by atoms with E-state index in [1.54, 1.807) is 21.1 Å². The summed E-state index contributed by atoms with van der Waals surface area (Å²) in [4.78, 5) is 26.5. The van der Waals surface area contributed by atoms with E-state index in [9.17, 15) is 9.59 Å². The van der Waals surface area contributed by atoms with E-state index in [2.05, 4.69) is 15.5 Å². The van der Waals surface area contributed by atoms with Gasteiger partial charge in [0.15, 0.2) is 11.5 Å². The van der Waals surface area contributed by atoms with Gasteiger partial charge in [0.1, 0.15) is 0 Å². The van der Waals surface area contributed by atoms with Crippen molar-refractivity contribution in [3.05, 3.63) is 35.0 Å². The minimum absolute atomic E-state index is 0.287. The zero-order chi connectivity index (χ0) is 21.4. The first-order valence-electron chi connectivity index (χ1n) is 9.80. The first kappa shape index (κ1) is 22.5. The summed E-state index contributed by atoms with van der Waals surface area (Å²) in [7, 11) is 5.17. The molecule has 1 atom stereocenters. The highest BCUT2D eigenvalue weighted by Gasteiger charge is 2.31. The van der Waals surface area contributed by atoms with Gasteiger partial charge in [-0.3, -0.25) is 0 Å². The van der Waals surface area contributed by atoms with Gasteiger partial charge in [-0.1, -0.05) is 13.0 Å². The third kappa shape index (κ3) is 5.87. The molecule has 0 aliphatic carbocycles. The summed E-state index contributed by atoms with van der Waals surface area (Å²) in [5, 5.41) is 5.57. The molecule has 0 spiro atoms. The number of methoxy groups -OCH3 is 2. The molecule has 2 amide bonds. The molecule has 0 saturated carbocycles. The first-order valence-corrected chi connectivity index (χ1v) is 9.80. The monoisotopic (exact) mass is 405 g/mol. The first-order chi connectivity index (χ1) is 13.9. The van der Waals surface area contributed by atoms with Crippen LogP contribution in [0, 0.1) is 0 Å². The number of rotatable bonds is 10. The summed E-state index contributed by atoms with van der Waals surface area (Å²) >= 11 is 0. The molecule has 0 saturated heterocycles. The number of amides is 2. The topological polar surface area (TPSA) is 89.1 Å². The number of benzene rings is 1. The van der Waals surface area contributed by atoms with Crippen molar-refractivity contribution < 1.29 is 23.8 Å². The van der Waals surface area contributed by atoms with Crippen molar-refractivity contribution in [2.75, 3.05) is 41.0 Å². The molecule has 0 unspecified atom stereocenters. The van der Waals surface area contributed by atoms with Crippen molar-refractivity contribution in [1.82, 2.24) is 15.5 Å². The Morgan fingerprint density at radius 1 is 1.17 bits per heavy atom. The normalized spacial score (nSPS) is 16.3. The smallest absolute Gasteiger partial charge is 0.337 e. The second-order valence-electron chi connectivity index (χ2n) is 6.85. The second kappa shape index (κ2) is 10.7. The summed E-state index contributed by atoms with van der Waals surface area (Å²) in [5.74, 6) is 0.989. The van der Waals surface area contributed by atoms with Crippen LogP contribution in [0.2, 0.25) is 0 Å². The third-order valence-electron chi connectivity index (χ3n) is 4.81. The van der Waals surface area contributed by atoms with Crippen LogP contribution in [0.1, 0.15) is 25.8 Å². The average molecular weight is 405 g/mol. The van der Waals surface area contributed by atoms with E-state index >= 15 is 0 Å². The lowest BCUT2D eigenvalue weighted by Gasteiger charge is -2.30. The van der Waals surface area contributed by atoms with E-state index < -0.39 is 5.97 Å². The van der Waals surface area contributed by atoms with E-state index in [1.807, 2.05) is 32.2 Å². The van der Waals surface area contributed by atoms with Crippen LogP contribution in [0.25, 0.3) is 0 Å². The highest BCUT2D eigenvalue weighted by Crippen LogP contribution is 2.27. The van der Waals surface area contributed by atoms with Crippen molar-refractivity contribution in [2.45, 2.75) is 32.7 Å². The number of ether oxygens (including phenoxy) is 3. The standard InChI is InChI=1S/C21H31N3O5/c1-6-15-19(20(25)29-7-2)16(23-21(26)22-15)13-24(3)11-10-14-8-9-17(27-4)18(12-14)28-5/h8-9,12,15H,6-7,10-11,13H2,1-5H3,(H2,22,23,26)/t15-/m1/s1. The predicted molar refractivity (Wildman–Crippen MR) is 110 cm³/mol. The molecule has 2 rings (SSSR count). The fourth-order valence-electron chi connectivity index (χ4n) is 3.29. The molecule has 1 aromatic rings. The van der Waals surface area contributed by atoms with E-state index in [4.69, 9.17) is 14.2 Å². The summed E-state index contributed by atoms with van der Waals surface area (Å²) in [6.07, 6.45) is 1.39. The largest absolute Gasteiger partial charge is 0.493 e.